The minimum Gasteiger partial charge on any atom is -0.456 e. The van der Waals surface area contributed by atoms with Crippen LogP contribution in [0.15, 0.2) is 108 Å². The Morgan fingerprint density at radius 1 is 0.556 bits per heavy atom. The fraction of sp³-hybridized carbons (Fsp3) is 0. The molecule has 0 saturated carbocycles. The van der Waals surface area contributed by atoms with Gasteiger partial charge in [-0.05, 0) is 66.2 Å². The van der Waals surface area contributed by atoms with Crippen molar-refractivity contribution in [3.05, 3.63) is 114 Å². The highest BCUT2D eigenvalue weighted by Crippen LogP contribution is 2.38. The predicted octanol–water partition coefficient (Wildman–Crippen LogP) is 8.09. The fourth-order valence-corrected chi connectivity index (χ4v) is 5.23. The summed E-state index contributed by atoms with van der Waals surface area (Å²) in [6.07, 6.45) is 0. The largest absolute Gasteiger partial charge is 0.456 e. The van der Waals surface area contributed by atoms with E-state index in [-0.39, 0.29) is 0 Å². The van der Waals surface area contributed by atoms with Gasteiger partial charge in [0.15, 0.2) is 0 Å². The van der Waals surface area contributed by atoms with E-state index in [1.807, 2.05) is 60.7 Å². The summed E-state index contributed by atoms with van der Waals surface area (Å²) in [6, 6.07) is 38.8. The quantitative estimate of drug-likeness (QED) is 0.262. The summed E-state index contributed by atoms with van der Waals surface area (Å²) in [4.78, 5) is 0. The SMILES string of the molecule is N#Cc1ccc2oc3ccc(-c4ccccc4-n4c5ccccc5c5cc(C#N)ccc54)cc3c2c1. The molecule has 0 aliphatic heterocycles. The van der Waals surface area contributed by atoms with Crippen LogP contribution in [-0.2, 0) is 0 Å². The molecule has 166 valence electrons. The molecule has 0 N–H and O–H groups in total. The number of hydrogen-bond donors (Lipinski definition) is 0. The van der Waals surface area contributed by atoms with Crippen molar-refractivity contribution < 1.29 is 4.42 Å². The van der Waals surface area contributed by atoms with Gasteiger partial charge in [0, 0.05) is 27.1 Å². The average molecular weight is 460 g/mol. The molecule has 0 saturated heterocycles. The van der Waals surface area contributed by atoms with Crippen LogP contribution in [0.25, 0.3) is 60.6 Å². The molecule has 7 rings (SSSR count). The lowest BCUT2D eigenvalue weighted by Gasteiger charge is -2.14. The molecule has 0 bridgehead atoms. The van der Waals surface area contributed by atoms with Gasteiger partial charge >= 0.3 is 0 Å². The second kappa shape index (κ2) is 7.60. The first-order valence-corrected chi connectivity index (χ1v) is 11.6. The molecule has 36 heavy (non-hydrogen) atoms. The zero-order valence-corrected chi connectivity index (χ0v) is 19.1. The van der Waals surface area contributed by atoms with Crippen LogP contribution in [0.1, 0.15) is 11.1 Å². The van der Waals surface area contributed by atoms with Crippen LogP contribution in [-0.4, -0.2) is 4.57 Å². The third kappa shape index (κ3) is 2.86. The first kappa shape index (κ1) is 20.1. The van der Waals surface area contributed by atoms with Crippen LogP contribution in [0, 0.1) is 22.7 Å². The number of para-hydroxylation sites is 2. The Morgan fingerprint density at radius 2 is 1.19 bits per heavy atom. The third-order valence-corrected chi connectivity index (χ3v) is 6.86. The zero-order chi connectivity index (χ0) is 24.2. The number of aromatic nitrogens is 1. The number of nitriles is 2. The molecule has 0 atom stereocenters. The maximum atomic E-state index is 9.48. The molecule has 4 heteroatoms. The Bertz CT molecular complexity index is 2080. The molecule has 0 radical (unpaired) electrons. The minimum absolute atomic E-state index is 0.609. The lowest BCUT2D eigenvalue weighted by atomic mass is 10.0. The Labute approximate surface area is 206 Å². The van der Waals surface area contributed by atoms with E-state index in [9.17, 15) is 10.5 Å². The van der Waals surface area contributed by atoms with E-state index in [0.29, 0.717) is 11.1 Å². The van der Waals surface area contributed by atoms with Crippen LogP contribution in [0.3, 0.4) is 0 Å². The van der Waals surface area contributed by atoms with Gasteiger partial charge in [-0.25, -0.2) is 0 Å². The molecule has 0 aliphatic rings. The molecular formula is C32H17N3O. The van der Waals surface area contributed by atoms with Crippen LogP contribution in [0.2, 0.25) is 0 Å². The number of benzene rings is 5. The molecule has 0 amide bonds. The van der Waals surface area contributed by atoms with E-state index >= 15 is 0 Å². The second-order valence-corrected chi connectivity index (χ2v) is 8.85. The van der Waals surface area contributed by atoms with Crippen LogP contribution < -0.4 is 0 Å². The summed E-state index contributed by atoms with van der Waals surface area (Å²) in [5, 5.41) is 22.9. The number of rotatable bonds is 2. The van der Waals surface area contributed by atoms with Crippen molar-refractivity contribution in [1.82, 2.24) is 4.57 Å². The molecule has 0 unspecified atom stereocenters. The van der Waals surface area contributed by atoms with E-state index in [1.54, 1.807) is 6.07 Å². The van der Waals surface area contributed by atoms with Crippen molar-refractivity contribution in [3.63, 3.8) is 0 Å². The summed E-state index contributed by atoms with van der Waals surface area (Å²) >= 11 is 0. The number of fused-ring (bicyclic) bond motifs is 6. The second-order valence-electron chi connectivity index (χ2n) is 8.85. The zero-order valence-electron chi connectivity index (χ0n) is 19.1. The normalized spacial score (nSPS) is 11.3. The highest BCUT2D eigenvalue weighted by atomic mass is 16.3. The summed E-state index contributed by atoms with van der Waals surface area (Å²) in [5.74, 6) is 0. The number of furan rings is 1. The average Bonchev–Trinajstić information content (AvgIpc) is 3.47. The van der Waals surface area contributed by atoms with Crippen molar-refractivity contribution in [2.75, 3.05) is 0 Å². The van der Waals surface area contributed by atoms with Gasteiger partial charge in [0.25, 0.3) is 0 Å². The molecular weight excluding hydrogens is 442 g/mol. The summed E-state index contributed by atoms with van der Waals surface area (Å²) < 4.78 is 8.31. The molecule has 5 aromatic carbocycles. The maximum Gasteiger partial charge on any atom is 0.135 e. The van der Waals surface area contributed by atoms with E-state index in [0.717, 1.165) is 60.6 Å². The topological polar surface area (TPSA) is 65.7 Å². The summed E-state index contributed by atoms with van der Waals surface area (Å²) in [5.41, 5.74) is 8.15. The van der Waals surface area contributed by atoms with Crippen molar-refractivity contribution in [2.45, 2.75) is 0 Å². The lowest BCUT2D eigenvalue weighted by Crippen LogP contribution is -1.97. The monoisotopic (exact) mass is 459 g/mol. The third-order valence-electron chi connectivity index (χ3n) is 6.86. The van der Waals surface area contributed by atoms with Gasteiger partial charge < -0.3 is 8.98 Å². The Kier molecular flexibility index (Phi) is 4.24. The Morgan fingerprint density at radius 3 is 2.03 bits per heavy atom. The van der Waals surface area contributed by atoms with Crippen LogP contribution >= 0.6 is 0 Å². The van der Waals surface area contributed by atoms with Gasteiger partial charge in [-0.1, -0.05) is 42.5 Å². The van der Waals surface area contributed by atoms with Crippen LogP contribution in [0.5, 0.6) is 0 Å². The van der Waals surface area contributed by atoms with Gasteiger partial charge in [-0.3, -0.25) is 0 Å². The highest BCUT2D eigenvalue weighted by molar-refractivity contribution is 6.11. The molecule has 0 aliphatic carbocycles. The fourth-order valence-electron chi connectivity index (χ4n) is 5.23. The first-order chi connectivity index (χ1) is 17.7. The molecule has 0 spiro atoms. The van der Waals surface area contributed by atoms with E-state index in [1.165, 1.54) is 0 Å². The van der Waals surface area contributed by atoms with Gasteiger partial charge in [-0.15, -0.1) is 0 Å². The molecule has 2 heterocycles. The van der Waals surface area contributed by atoms with Gasteiger partial charge in [0.1, 0.15) is 11.2 Å². The first-order valence-electron chi connectivity index (χ1n) is 11.6. The van der Waals surface area contributed by atoms with Crippen molar-refractivity contribution in [1.29, 1.82) is 10.5 Å². The molecule has 7 aromatic rings. The molecule has 0 fully saturated rings. The van der Waals surface area contributed by atoms with Crippen LogP contribution in [0.4, 0.5) is 0 Å². The van der Waals surface area contributed by atoms with E-state index < -0.39 is 0 Å². The number of nitrogens with zero attached hydrogens (tertiary/aromatic N) is 3. The molecule has 4 nitrogen and oxygen atoms in total. The predicted molar refractivity (Wildman–Crippen MR) is 143 cm³/mol. The van der Waals surface area contributed by atoms with Crippen molar-refractivity contribution in [2.24, 2.45) is 0 Å². The Balaban J connectivity index is 1.52. The van der Waals surface area contributed by atoms with Gasteiger partial charge in [-0.2, -0.15) is 10.5 Å². The maximum absolute atomic E-state index is 9.48. The minimum atomic E-state index is 0.609. The van der Waals surface area contributed by atoms with Crippen molar-refractivity contribution in [3.8, 4) is 29.0 Å². The van der Waals surface area contributed by atoms with Crippen molar-refractivity contribution >= 4 is 43.7 Å². The summed E-state index contributed by atoms with van der Waals surface area (Å²) in [7, 11) is 0. The standard InChI is InChI=1S/C32H17N3O/c33-18-20-9-12-30-25(15-20)24-6-2-4-8-29(24)35(30)28-7-3-1-5-23(28)22-11-14-32-27(17-22)26-16-21(19-34)10-13-31(26)36-32/h1-17H. The van der Waals surface area contributed by atoms with Gasteiger partial charge in [0.2, 0.25) is 0 Å². The van der Waals surface area contributed by atoms with Gasteiger partial charge in [0.05, 0.1) is 40.0 Å². The Hall–Kier alpha value is -5.32. The van der Waals surface area contributed by atoms with E-state index in [2.05, 4.69) is 53.1 Å². The molecule has 2 aromatic heterocycles. The van der Waals surface area contributed by atoms with E-state index in [4.69, 9.17) is 4.42 Å². The smallest absolute Gasteiger partial charge is 0.135 e. The summed E-state index contributed by atoms with van der Waals surface area (Å²) in [6.45, 7) is 0. The highest BCUT2D eigenvalue weighted by Gasteiger charge is 2.17. The number of hydrogen-bond acceptors (Lipinski definition) is 3. The lowest BCUT2D eigenvalue weighted by molar-refractivity contribution is 0.669.